The second-order valence-corrected chi connectivity index (χ2v) is 6.09. The zero-order valence-corrected chi connectivity index (χ0v) is 14.5. The Labute approximate surface area is 143 Å². The fraction of sp³-hybridized carbons (Fsp3) is 0.350. The molecule has 128 valence electrons. The number of amides is 1. The maximum Gasteiger partial charge on any atom is 0.242 e. The van der Waals surface area contributed by atoms with Crippen LogP contribution in [-0.2, 0) is 11.2 Å². The predicted octanol–water partition coefficient (Wildman–Crippen LogP) is 3.57. The third-order valence-electron chi connectivity index (χ3n) is 4.18. The van der Waals surface area contributed by atoms with Crippen molar-refractivity contribution in [2.75, 3.05) is 13.6 Å². The number of hydrogen-bond acceptors (Lipinski definition) is 2. The summed E-state index contributed by atoms with van der Waals surface area (Å²) in [6.45, 7) is 4.68. The zero-order chi connectivity index (χ0) is 17.5. The molecule has 0 aliphatic heterocycles. The predicted molar refractivity (Wildman–Crippen MR) is 95.2 cm³/mol. The van der Waals surface area contributed by atoms with Gasteiger partial charge in [-0.25, -0.2) is 4.39 Å². The summed E-state index contributed by atoms with van der Waals surface area (Å²) < 4.78 is 13.8. The van der Waals surface area contributed by atoms with Crippen molar-refractivity contribution >= 4 is 5.91 Å². The van der Waals surface area contributed by atoms with Crippen LogP contribution >= 0.6 is 0 Å². The van der Waals surface area contributed by atoms with Gasteiger partial charge in [-0.1, -0.05) is 55.5 Å². The van der Waals surface area contributed by atoms with Gasteiger partial charge in [0.15, 0.2) is 0 Å². The van der Waals surface area contributed by atoms with Gasteiger partial charge in [0.1, 0.15) is 11.9 Å². The van der Waals surface area contributed by atoms with E-state index in [0.29, 0.717) is 12.0 Å². The average molecular weight is 328 g/mol. The molecule has 0 heterocycles. The number of carbonyl (C=O) groups is 1. The van der Waals surface area contributed by atoms with Crippen LogP contribution in [0.1, 0.15) is 31.0 Å². The summed E-state index contributed by atoms with van der Waals surface area (Å²) >= 11 is 0. The Morgan fingerprint density at radius 2 is 1.75 bits per heavy atom. The molecule has 0 aliphatic rings. The number of nitrogens with zero attached hydrogens (tertiary/aromatic N) is 1. The van der Waals surface area contributed by atoms with Crippen LogP contribution < -0.4 is 5.32 Å². The Morgan fingerprint density at radius 1 is 1.12 bits per heavy atom. The number of nitrogens with one attached hydrogen (secondary N) is 1. The smallest absolute Gasteiger partial charge is 0.242 e. The first-order valence-electron chi connectivity index (χ1n) is 8.32. The Balaban J connectivity index is 2.08. The van der Waals surface area contributed by atoms with Gasteiger partial charge < -0.3 is 5.32 Å². The van der Waals surface area contributed by atoms with Gasteiger partial charge in [-0.3, -0.25) is 9.69 Å². The van der Waals surface area contributed by atoms with Gasteiger partial charge in [0, 0.05) is 6.04 Å². The van der Waals surface area contributed by atoms with Crippen molar-refractivity contribution in [3.05, 3.63) is 71.5 Å². The molecule has 0 saturated heterocycles. The van der Waals surface area contributed by atoms with E-state index < -0.39 is 0 Å². The van der Waals surface area contributed by atoms with Gasteiger partial charge in [-0.2, -0.15) is 0 Å². The number of likely N-dealkylation sites (N-methyl/N-ethyl adjacent to an activating group) is 1. The van der Waals surface area contributed by atoms with Gasteiger partial charge in [-0.05, 0) is 44.1 Å². The lowest BCUT2D eigenvalue weighted by molar-refractivity contribution is -0.126. The van der Waals surface area contributed by atoms with E-state index in [2.05, 4.69) is 5.32 Å². The summed E-state index contributed by atoms with van der Waals surface area (Å²) in [6, 6.07) is 15.9. The Kier molecular flexibility index (Phi) is 6.50. The molecule has 3 nitrogen and oxygen atoms in total. The monoisotopic (exact) mass is 328 g/mol. The van der Waals surface area contributed by atoms with Crippen molar-refractivity contribution in [3.63, 3.8) is 0 Å². The fourth-order valence-corrected chi connectivity index (χ4v) is 2.79. The van der Waals surface area contributed by atoms with E-state index in [1.807, 2.05) is 62.2 Å². The molecule has 24 heavy (non-hydrogen) atoms. The Morgan fingerprint density at radius 3 is 2.38 bits per heavy atom. The highest BCUT2D eigenvalue weighted by atomic mass is 19.1. The van der Waals surface area contributed by atoms with E-state index in [0.717, 1.165) is 12.1 Å². The number of rotatable bonds is 7. The maximum absolute atomic E-state index is 13.8. The molecule has 0 spiro atoms. The molecule has 2 atom stereocenters. The van der Waals surface area contributed by atoms with Crippen molar-refractivity contribution in [2.24, 2.45) is 0 Å². The molecular weight excluding hydrogens is 303 g/mol. The third-order valence-corrected chi connectivity index (χ3v) is 4.18. The molecule has 0 saturated carbocycles. The number of hydrogen-bond donors (Lipinski definition) is 1. The summed E-state index contributed by atoms with van der Waals surface area (Å²) in [6.07, 6.45) is 0.468. The molecule has 2 rings (SSSR count). The minimum atomic E-state index is -0.348. The molecule has 0 fully saturated rings. The van der Waals surface area contributed by atoms with Crippen molar-refractivity contribution in [1.29, 1.82) is 0 Å². The van der Waals surface area contributed by atoms with E-state index in [9.17, 15) is 9.18 Å². The Bertz CT molecular complexity index is 660. The summed E-state index contributed by atoms with van der Waals surface area (Å²) in [5.74, 6) is -0.293. The summed E-state index contributed by atoms with van der Waals surface area (Å²) in [7, 11) is 1.93. The molecule has 0 radical (unpaired) electrons. The van der Waals surface area contributed by atoms with Crippen molar-refractivity contribution < 1.29 is 9.18 Å². The molecule has 2 aromatic rings. The van der Waals surface area contributed by atoms with E-state index >= 15 is 0 Å². The molecule has 1 amide bonds. The van der Waals surface area contributed by atoms with Crippen LogP contribution in [0.2, 0.25) is 0 Å². The van der Waals surface area contributed by atoms with E-state index in [4.69, 9.17) is 0 Å². The normalized spacial score (nSPS) is 13.5. The maximum atomic E-state index is 13.8. The molecule has 2 unspecified atom stereocenters. The first kappa shape index (κ1) is 18.1. The Hall–Kier alpha value is -2.20. The van der Waals surface area contributed by atoms with Crippen molar-refractivity contribution in [3.8, 4) is 0 Å². The van der Waals surface area contributed by atoms with E-state index in [-0.39, 0.29) is 23.8 Å². The summed E-state index contributed by atoms with van der Waals surface area (Å²) in [5.41, 5.74) is 1.57. The van der Waals surface area contributed by atoms with Gasteiger partial charge >= 0.3 is 0 Å². The van der Waals surface area contributed by atoms with Crippen LogP contribution in [0.5, 0.6) is 0 Å². The molecule has 0 bridgehead atoms. The lowest BCUT2D eigenvalue weighted by atomic mass is 10.0. The second kappa shape index (κ2) is 8.60. The van der Waals surface area contributed by atoms with Crippen molar-refractivity contribution in [2.45, 2.75) is 32.4 Å². The first-order chi connectivity index (χ1) is 11.5. The zero-order valence-electron chi connectivity index (χ0n) is 14.5. The number of carbonyl (C=O) groups excluding carboxylic acids is 1. The van der Waals surface area contributed by atoms with Crippen molar-refractivity contribution in [1.82, 2.24) is 10.2 Å². The number of halogens is 1. The molecule has 2 aromatic carbocycles. The van der Waals surface area contributed by atoms with E-state index in [1.54, 1.807) is 12.1 Å². The number of benzene rings is 2. The topological polar surface area (TPSA) is 32.3 Å². The SMILES string of the molecule is CCN(C)C(C(=O)NC(C)Cc1ccccc1F)c1ccccc1. The molecule has 0 aliphatic carbocycles. The minimum Gasteiger partial charge on any atom is -0.352 e. The highest BCUT2D eigenvalue weighted by Gasteiger charge is 2.25. The lowest BCUT2D eigenvalue weighted by Crippen LogP contribution is -2.43. The second-order valence-electron chi connectivity index (χ2n) is 6.09. The molecule has 4 heteroatoms. The first-order valence-corrected chi connectivity index (χ1v) is 8.32. The minimum absolute atomic E-state index is 0.0608. The van der Waals surface area contributed by atoms with Gasteiger partial charge in [0.25, 0.3) is 0 Å². The fourth-order valence-electron chi connectivity index (χ4n) is 2.79. The molecule has 0 aromatic heterocycles. The highest BCUT2D eigenvalue weighted by Crippen LogP contribution is 2.20. The van der Waals surface area contributed by atoms with Gasteiger partial charge in [0.2, 0.25) is 5.91 Å². The van der Waals surface area contributed by atoms with Crippen LogP contribution in [0.3, 0.4) is 0 Å². The van der Waals surface area contributed by atoms with Gasteiger partial charge in [0.05, 0.1) is 0 Å². The molecular formula is C20H25FN2O. The summed E-state index contributed by atoms with van der Waals surface area (Å²) in [4.78, 5) is 14.8. The van der Waals surface area contributed by atoms with Gasteiger partial charge in [-0.15, -0.1) is 0 Å². The van der Waals surface area contributed by atoms with Crippen LogP contribution in [0.4, 0.5) is 4.39 Å². The van der Waals surface area contributed by atoms with Crippen LogP contribution in [-0.4, -0.2) is 30.4 Å². The average Bonchev–Trinajstić information content (AvgIpc) is 2.58. The largest absolute Gasteiger partial charge is 0.352 e. The van der Waals surface area contributed by atoms with Crippen LogP contribution in [0.25, 0.3) is 0 Å². The molecule has 1 N–H and O–H groups in total. The quantitative estimate of drug-likeness (QED) is 0.843. The van der Waals surface area contributed by atoms with Crippen LogP contribution in [0.15, 0.2) is 54.6 Å². The third kappa shape index (κ3) is 4.65. The lowest BCUT2D eigenvalue weighted by Gasteiger charge is -2.28. The van der Waals surface area contributed by atoms with E-state index in [1.165, 1.54) is 6.07 Å². The standard InChI is InChI=1S/C20H25FN2O/c1-4-23(3)19(16-10-6-5-7-11-16)20(24)22-15(2)14-17-12-8-9-13-18(17)21/h5-13,15,19H,4,14H2,1-3H3,(H,22,24). The summed E-state index contributed by atoms with van der Waals surface area (Å²) in [5, 5.41) is 3.02. The van der Waals surface area contributed by atoms with Crippen LogP contribution in [0, 0.1) is 5.82 Å². The highest BCUT2D eigenvalue weighted by molar-refractivity contribution is 5.83.